The van der Waals surface area contributed by atoms with Crippen molar-refractivity contribution in [1.29, 1.82) is 0 Å². The van der Waals surface area contributed by atoms with Crippen molar-refractivity contribution in [2.24, 2.45) is 0 Å². The highest BCUT2D eigenvalue weighted by Crippen LogP contribution is 2.39. The summed E-state index contributed by atoms with van der Waals surface area (Å²) >= 11 is 0. The van der Waals surface area contributed by atoms with Crippen LogP contribution in [0.4, 0.5) is 0 Å². The lowest BCUT2D eigenvalue weighted by Gasteiger charge is -2.44. The van der Waals surface area contributed by atoms with Crippen molar-refractivity contribution in [2.75, 3.05) is 6.61 Å². The third kappa shape index (κ3) is 7.01. The molecule has 0 radical (unpaired) electrons. The van der Waals surface area contributed by atoms with Gasteiger partial charge in [-0.25, -0.2) is 0 Å². The zero-order chi connectivity index (χ0) is 31.8. The Labute approximate surface area is 267 Å². The Bertz CT molecular complexity index is 1390. The molecule has 0 fully saturated rings. The molecule has 4 rings (SSSR count). The fraction of sp³-hybridized carbons (Fsp3) is 0.333. The van der Waals surface area contributed by atoms with Gasteiger partial charge in [-0.15, -0.1) is 6.42 Å². The van der Waals surface area contributed by atoms with Crippen molar-refractivity contribution in [1.82, 2.24) is 0 Å². The molecule has 2 atom stereocenters. The highest BCUT2D eigenvalue weighted by atomic mass is 28.4. The summed E-state index contributed by atoms with van der Waals surface area (Å²) in [5, 5.41) is 15.9. The highest BCUT2D eigenvalue weighted by Gasteiger charge is 2.52. The van der Waals surface area contributed by atoms with E-state index < -0.39 is 28.8 Å². The molecular weight excluding hydrogens is 573 g/mol. The van der Waals surface area contributed by atoms with E-state index in [4.69, 9.17) is 15.3 Å². The van der Waals surface area contributed by atoms with E-state index in [0.717, 1.165) is 0 Å². The molecule has 0 unspecified atom stereocenters. The predicted molar refractivity (Wildman–Crippen MR) is 190 cm³/mol. The largest absolute Gasteiger partial charge is 0.407 e. The minimum Gasteiger partial charge on any atom is -0.407 e. The summed E-state index contributed by atoms with van der Waals surface area (Å²) in [4.78, 5) is 0. The second kappa shape index (κ2) is 14.2. The summed E-state index contributed by atoms with van der Waals surface area (Å²) in [5.74, 6) is 2.90. The van der Waals surface area contributed by atoms with E-state index in [1.807, 2.05) is 24.3 Å². The molecule has 0 heterocycles. The maximum absolute atomic E-state index is 11.4. The monoisotopic (exact) mass is 620 g/mol. The fourth-order valence-electron chi connectivity index (χ4n) is 6.53. The normalized spacial score (nSPS) is 14.0. The van der Waals surface area contributed by atoms with Crippen molar-refractivity contribution in [3.05, 3.63) is 121 Å². The number of terminal acetylenes is 1. The molecule has 0 spiro atoms. The summed E-state index contributed by atoms with van der Waals surface area (Å²) in [6, 6.07) is 42.2. The van der Waals surface area contributed by atoms with Crippen LogP contribution in [0.5, 0.6) is 0 Å². The molecule has 0 aliphatic carbocycles. The molecule has 0 aliphatic rings. The molecule has 0 amide bonds. The van der Waals surface area contributed by atoms with E-state index in [2.05, 4.69) is 145 Å². The molecule has 1 N–H and O–H groups in total. The SMILES string of the molecule is C#C[C@@H](C[C@H](O)CCO[Si](c1ccccc1)(c1ccccc1)C(C)(C)C)O[Si](c1ccccc1)(c1ccccc1)C(C)(C)C. The Morgan fingerprint density at radius 3 is 1.27 bits per heavy atom. The minimum atomic E-state index is -2.85. The van der Waals surface area contributed by atoms with Crippen LogP contribution in [0.15, 0.2) is 121 Å². The van der Waals surface area contributed by atoms with Gasteiger partial charge in [-0.3, -0.25) is 0 Å². The summed E-state index contributed by atoms with van der Waals surface area (Å²) in [5.41, 5.74) is 0. The van der Waals surface area contributed by atoms with Crippen molar-refractivity contribution in [2.45, 2.75) is 76.7 Å². The van der Waals surface area contributed by atoms with Gasteiger partial charge in [0.15, 0.2) is 0 Å². The zero-order valence-electron chi connectivity index (χ0n) is 27.2. The molecule has 0 aliphatic heterocycles. The summed E-state index contributed by atoms with van der Waals surface area (Å²) < 4.78 is 14.2. The number of rotatable bonds is 12. The first-order valence-corrected chi connectivity index (χ1v) is 19.5. The Balaban J connectivity index is 1.58. The van der Waals surface area contributed by atoms with Gasteiger partial charge >= 0.3 is 0 Å². The van der Waals surface area contributed by atoms with Gasteiger partial charge in [-0.2, -0.15) is 0 Å². The number of benzene rings is 4. The maximum atomic E-state index is 11.4. The number of aliphatic hydroxyl groups excluding tert-OH is 1. The van der Waals surface area contributed by atoms with Crippen LogP contribution in [0, 0.1) is 12.3 Å². The lowest BCUT2D eigenvalue weighted by molar-refractivity contribution is 0.0919. The summed E-state index contributed by atoms with van der Waals surface area (Å²) in [6.07, 6.45) is 5.72. The fourth-order valence-corrected chi connectivity index (χ4v) is 15.7. The van der Waals surface area contributed by atoms with Crippen molar-refractivity contribution < 1.29 is 14.0 Å². The molecular formula is C39H48O3Si2. The van der Waals surface area contributed by atoms with Crippen LogP contribution in [0.1, 0.15) is 54.4 Å². The van der Waals surface area contributed by atoms with E-state index in [-0.39, 0.29) is 10.1 Å². The molecule has 4 aromatic rings. The molecule has 44 heavy (non-hydrogen) atoms. The van der Waals surface area contributed by atoms with Crippen molar-refractivity contribution in [3.8, 4) is 12.3 Å². The van der Waals surface area contributed by atoms with Crippen LogP contribution >= 0.6 is 0 Å². The second-order valence-corrected chi connectivity index (χ2v) is 22.2. The average Bonchev–Trinajstić information content (AvgIpc) is 3.02. The quantitative estimate of drug-likeness (QED) is 0.150. The van der Waals surface area contributed by atoms with Crippen molar-refractivity contribution >= 4 is 37.4 Å². The Kier molecular flexibility index (Phi) is 10.9. The van der Waals surface area contributed by atoms with Gasteiger partial charge in [-0.1, -0.05) is 169 Å². The third-order valence-corrected chi connectivity index (χ3v) is 18.7. The Hall–Kier alpha value is -3.25. The van der Waals surface area contributed by atoms with E-state index in [1.165, 1.54) is 20.7 Å². The number of hydrogen-bond acceptors (Lipinski definition) is 3. The highest BCUT2D eigenvalue weighted by molar-refractivity contribution is 7.00. The van der Waals surface area contributed by atoms with Gasteiger partial charge in [0, 0.05) is 13.0 Å². The molecule has 0 bridgehead atoms. The van der Waals surface area contributed by atoms with Gasteiger partial charge in [0.1, 0.15) is 6.10 Å². The average molecular weight is 621 g/mol. The first kappa shape index (κ1) is 33.6. The van der Waals surface area contributed by atoms with Gasteiger partial charge in [-0.05, 0) is 37.2 Å². The number of aliphatic hydroxyl groups is 1. The lowest BCUT2D eigenvalue weighted by Crippen LogP contribution is -2.67. The van der Waals surface area contributed by atoms with Crippen LogP contribution < -0.4 is 20.7 Å². The minimum absolute atomic E-state index is 0.131. The van der Waals surface area contributed by atoms with Crippen molar-refractivity contribution in [3.63, 3.8) is 0 Å². The van der Waals surface area contributed by atoms with Crippen LogP contribution in [-0.2, 0) is 8.85 Å². The number of hydrogen-bond donors (Lipinski definition) is 1. The smallest absolute Gasteiger partial charge is 0.262 e. The van der Waals surface area contributed by atoms with E-state index >= 15 is 0 Å². The molecule has 0 saturated heterocycles. The lowest BCUT2D eigenvalue weighted by atomic mass is 10.1. The second-order valence-electron chi connectivity index (χ2n) is 13.6. The van der Waals surface area contributed by atoms with Crippen LogP contribution in [-0.4, -0.2) is 40.6 Å². The molecule has 0 saturated carbocycles. The summed E-state index contributed by atoms with van der Waals surface area (Å²) in [7, 11) is -5.54. The Morgan fingerprint density at radius 1 is 0.614 bits per heavy atom. The Morgan fingerprint density at radius 2 is 0.955 bits per heavy atom. The summed E-state index contributed by atoms with van der Waals surface area (Å²) in [6.45, 7) is 13.9. The van der Waals surface area contributed by atoms with E-state index in [0.29, 0.717) is 19.4 Å². The topological polar surface area (TPSA) is 38.7 Å². The molecule has 0 aromatic heterocycles. The van der Waals surface area contributed by atoms with E-state index in [1.54, 1.807) is 0 Å². The van der Waals surface area contributed by atoms with Gasteiger partial charge in [0.05, 0.1) is 6.10 Å². The molecule has 4 aromatic carbocycles. The predicted octanol–water partition coefficient (Wildman–Crippen LogP) is 6.28. The van der Waals surface area contributed by atoms with Gasteiger partial charge < -0.3 is 14.0 Å². The standard InChI is InChI=1S/C39H48O3Si2/c1-8-33(42-44(39(5,6)7,36-25-17-11-18-26-36)37-27-19-12-20-28-37)31-32(40)29-30-41-43(38(2,3)4,34-21-13-9-14-22-34)35-23-15-10-16-24-35/h1,9-28,32-33,40H,29-31H2,2-7H3/t32-,33+/m1/s1. The first-order chi connectivity index (χ1) is 21.0. The molecule has 3 nitrogen and oxygen atoms in total. The van der Waals surface area contributed by atoms with Crippen LogP contribution in [0.25, 0.3) is 0 Å². The molecule has 5 heteroatoms. The first-order valence-electron chi connectivity index (χ1n) is 15.6. The third-order valence-electron chi connectivity index (χ3n) is 8.59. The van der Waals surface area contributed by atoms with Gasteiger partial charge in [0.25, 0.3) is 16.6 Å². The zero-order valence-corrected chi connectivity index (χ0v) is 29.2. The molecule has 230 valence electrons. The maximum Gasteiger partial charge on any atom is 0.262 e. The van der Waals surface area contributed by atoms with Gasteiger partial charge in [0.2, 0.25) is 0 Å². The van der Waals surface area contributed by atoms with Crippen LogP contribution in [0.3, 0.4) is 0 Å². The van der Waals surface area contributed by atoms with Crippen LogP contribution in [0.2, 0.25) is 10.1 Å². The van der Waals surface area contributed by atoms with E-state index in [9.17, 15) is 5.11 Å².